The summed E-state index contributed by atoms with van der Waals surface area (Å²) in [6.07, 6.45) is 0. The third-order valence-corrected chi connectivity index (χ3v) is 4.85. The lowest BCUT2D eigenvalue weighted by Gasteiger charge is -2.08. The number of halogens is 2. The normalized spacial score (nSPS) is 10.5. The lowest BCUT2D eigenvalue weighted by Crippen LogP contribution is -2.17. The quantitative estimate of drug-likeness (QED) is 0.861. The molecule has 0 atom stereocenters. The number of nitrogens with zero attached hydrogens (tertiary/aromatic N) is 1. The molecule has 2 rings (SSSR count). The summed E-state index contributed by atoms with van der Waals surface area (Å²) >= 11 is 13.0. The van der Waals surface area contributed by atoms with E-state index in [2.05, 4.69) is 5.32 Å². The van der Waals surface area contributed by atoms with E-state index >= 15 is 0 Å². The summed E-state index contributed by atoms with van der Waals surface area (Å²) in [5.41, 5.74) is 1.51. The van der Waals surface area contributed by atoms with E-state index in [9.17, 15) is 9.59 Å². The number of carbonyl (C=O) groups excluding carboxylic acids is 2. The molecule has 1 amide bonds. The fourth-order valence-corrected chi connectivity index (χ4v) is 3.08. The van der Waals surface area contributed by atoms with Gasteiger partial charge in [0.1, 0.15) is 15.7 Å². The zero-order chi connectivity index (χ0) is 15.7. The maximum Gasteiger partial charge on any atom is 0.350 e. The summed E-state index contributed by atoms with van der Waals surface area (Å²) in [5, 5.41) is 5.04. The van der Waals surface area contributed by atoms with Crippen molar-refractivity contribution in [1.29, 1.82) is 0 Å². The van der Waals surface area contributed by atoms with Crippen molar-refractivity contribution in [3.05, 3.63) is 37.8 Å². The Morgan fingerprint density at radius 1 is 1.38 bits per heavy atom. The monoisotopic (exact) mass is 346 g/mol. The van der Waals surface area contributed by atoms with Crippen molar-refractivity contribution in [2.24, 2.45) is 7.05 Å². The largest absolute Gasteiger partial charge is 0.465 e. The molecule has 0 aliphatic rings. The zero-order valence-corrected chi connectivity index (χ0v) is 13.8. The summed E-state index contributed by atoms with van der Waals surface area (Å²) in [5.74, 6) is -0.899. The van der Waals surface area contributed by atoms with E-state index in [1.54, 1.807) is 19.4 Å². The Hall–Kier alpha value is -1.50. The van der Waals surface area contributed by atoms with Gasteiger partial charge in [-0.15, -0.1) is 11.3 Å². The molecule has 0 saturated carbocycles. The number of aromatic nitrogens is 1. The molecule has 2 aromatic heterocycles. The topological polar surface area (TPSA) is 60.3 Å². The van der Waals surface area contributed by atoms with Gasteiger partial charge in [0.25, 0.3) is 5.91 Å². The van der Waals surface area contributed by atoms with Gasteiger partial charge in [0.2, 0.25) is 0 Å². The number of amides is 1. The lowest BCUT2D eigenvalue weighted by molar-refractivity contribution is 0.0607. The van der Waals surface area contributed by atoms with Crippen LogP contribution in [0.3, 0.4) is 0 Å². The van der Waals surface area contributed by atoms with Gasteiger partial charge in [-0.25, -0.2) is 4.79 Å². The van der Waals surface area contributed by atoms with Crippen LogP contribution in [0.2, 0.25) is 10.2 Å². The number of thiophene rings is 1. The fourth-order valence-electron chi connectivity index (χ4n) is 1.78. The summed E-state index contributed by atoms with van der Waals surface area (Å²) in [6, 6.07) is 1.47. The Labute approximate surface area is 135 Å². The van der Waals surface area contributed by atoms with Gasteiger partial charge >= 0.3 is 5.97 Å². The fraction of sp³-hybridized carbons (Fsp3) is 0.231. The molecule has 8 heteroatoms. The molecule has 0 bridgehead atoms. The van der Waals surface area contributed by atoms with Crippen LogP contribution < -0.4 is 5.32 Å². The predicted molar refractivity (Wildman–Crippen MR) is 83.8 cm³/mol. The Morgan fingerprint density at radius 3 is 2.57 bits per heavy atom. The summed E-state index contributed by atoms with van der Waals surface area (Å²) < 4.78 is 6.17. The molecule has 112 valence electrons. The van der Waals surface area contributed by atoms with Crippen molar-refractivity contribution >= 4 is 52.1 Å². The van der Waals surface area contributed by atoms with E-state index in [1.807, 2.05) is 0 Å². The minimum atomic E-state index is -0.494. The minimum Gasteiger partial charge on any atom is -0.465 e. The first-order valence-electron chi connectivity index (χ1n) is 5.85. The molecule has 2 heterocycles. The van der Waals surface area contributed by atoms with Crippen LogP contribution in [0.1, 0.15) is 25.7 Å². The van der Waals surface area contributed by atoms with Crippen LogP contribution in [0.5, 0.6) is 0 Å². The molecular formula is C13H12Cl2N2O3S. The van der Waals surface area contributed by atoms with E-state index in [0.717, 1.165) is 5.56 Å². The number of methoxy groups -OCH3 is 1. The van der Waals surface area contributed by atoms with Crippen molar-refractivity contribution in [2.45, 2.75) is 6.92 Å². The van der Waals surface area contributed by atoms with Gasteiger partial charge in [0, 0.05) is 7.05 Å². The maximum atomic E-state index is 12.3. The second kappa shape index (κ2) is 6.09. The van der Waals surface area contributed by atoms with Gasteiger partial charge < -0.3 is 14.6 Å². The SMILES string of the molecule is COC(=O)c1scc(C)c1NC(=O)c1cc(Cl)c(Cl)n1C. The van der Waals surface area contributed by atoms with Crippen molar-refractivity contribution in [1.82, 2.24) is 4.57 Å². The highest BCUT2D eigenvalue weighted by Gasteiger charge is 2.21. The van der Waals surface area contributed by atoms with Crippen molar-refractivity contribution in [3.63, 3.8) is 0 Å². The van der Waals surface area contributed by atoms with E-state index < -0.39 is 11.9 Å². The maximum absolute atomic E-state index is 12.3. The first-order chi connectivity index (χ1) is 9.86. The minimum absolute atomic E-state index is 0.275. The van der Waals surface area contributed by atoms with Crippen molar-refractivity contribution < 1.29 is 14.3 Å². The van der Waals surface area contributed by atoms with E-state index in [4.69, 9.17) is 27.9 Å². The number of hydrogen-bond donors (Lipinski definition) is 1. The molecule has 0 aromatic carbocycles. The van der Waals surface area contributed by atoms with E-state index in [-0.39, 0.29) is 5.15 Å². The second-order valence-corrected chi connectivity index (χ2v) is 5.94. The molecule has 0 radical (unpaired) electrons. The highest BCUT2D eigenvalue weighted by atomic mass is 35.5. The third kappa shape index (κ3) is 2.92. The van der Waals surface area contributed by atoms with Crippen LogP contribution in [0, 0.1) is 6.92 Å². The first-order valence-corrected chi connectivity index (χ1v) is 7.48. The standard InChI is InChI=1S/C13H12Cl2N2O3S/c1-6-5-21-10(13(19)20-3)9(6)16-12(18)8-4-7(14)11(15)17(8)2/h4-5H,1-3H3,(H,16,18). The van der Waals surface area contributed by atoms with Gasteiger partial charge in [-0.05, 0) is 23.9 Å². The highest BCUT2D eigenvalue weighted by Crippen LogP contribution is 2.30. The number of rotatable bonds is 3. The summed E-state index contributed by atoms with van der Waals surface area (Å²) in [7, 11) is 2.92. The third-order valence-electron chi connectivity index (χ3n) is 2.93. The second-order valence-electron chi connectivity index (χ2n) is 4.30. The Bertz CT molecular complexity index is 721. The zero-order valence-electron chi connectivity index (χ0n) is 11.5. The highest BCUT2D eigenvalue weighted by molar-refractivity contribution is 7.12. The van der Waals surface area contributed by atoms with Gasteiger partial charge in [0.05, 0.1) is 17.8 Å². The van der Waals surface area contributed by atoms with Crippen LogP contribution in [-0.2, 0) is 11.8 Å². The van der Waals surface area contributed by atoms with E-state index in [0.29, 0.717) is 21.3 Å². The van der Waals surface area contributed by atoms with Crippen molar-refractivity contribution in [3.8, 4) is 0 Å². The number of anilines is 1. The number of ether oxygens (including phenoxy) is 1. The lowest BCUT2D eigenvalue weighted by atomic mass is 10.2. The van der Waals surface area contributed by atoms with Crippen LogP contribution in [0.25, 0.3) is 0 Å². The predicted octanol–water partition coefficient (Wildman–Crippen LogP) is 3.74. The van der Waals surface area contributed by atoms with E-state index in [1.165, 1.54) is 29.1 Å². The molecule has 21 heavy (non-hydrogen) atoms. The van der Waals surface area contributed by atoms with Gasteiger partial charge in [-0.3, -0.25) is 4.79 Å². The molecule has 0 aliphatic carbocycles. The van der Waals surface area contributed by atoms with Crippen molar-refractivity contribution in [2.75, 3.05) is 12.4 Å². The molecule has 0 fully saturated rings. The number of esters is 1. The van der Waals surface area contributed by atoms with Gasteiger partial charge in [0.15, 0.2) is 0 Å². The molecule has 0 spiro atoms. The summed E-state index contributed by atoms with van der Waals surface area (Å²) in [4.78, 5) is 24.3. The number of carbonyl (C=O) groups is 2. The van der Waals surface area contributed by atoms with Crippen LogP contribution in [0.15, 0.2) is 11.4 Å². The number of nitrogens with one attached hydrogen (secondary N) is 1. The Morgan fingerprint density at radius 2 is 2.05 bits per heavy atom. The molecule has 0 aliphatic heterocycles. The van der Waals surface area contributed by atoms with Crippen LogP contribution in [0.4, 0.5) is 5.69 Å². The van der Waals surface area contributed by atoms with Gasteiger partial charge in [-0.2, -0.15) is 0 Å². The molecular weight excluding hydrogens is 335 g/mol. The Kier molecular flexibility index (Phi) is 4.61. The first kappa shape index (κ1) is 15.9. The Balaban J connectivity index is 2.34. The number of hydrogen-bond acceptors (Lipinski definition) is 4. The van der Waals surface area contributed by atoms with Gasteiger partial charge in [-0.1, -0.05) is 23.2 Å². The average Bonchev–Trinajstić information content (AvgIpc) is 2.94. The molecule has 5 nitrogen and oxygen atoms in total. The summed E-state index contributed by atoms with van der Waals surface area (Å²) in [6.45, 7) is 1.80. The molecule has 2 aromatic rings. The van der Waals surface area contributed by atoms with Crippen LogP contribution >= 0.6 is 34.5 Å². The smallest absolute Gasteiger partial charge is 0.350 e. The average molecular weight is 347 g/mol. The molecule has 1 N–H and O–H groups in total. The molecule has 0 unspecified atom stereocenters. The number of aryl methyl sites for hydroxylation is 1. The molecule has 0 saturated heterocycles. The van der Waals surface area contributed by atoms with Crippen LogP contribution in [-0.4, -0.2) is 23.6 Å².